The lowest BCUT2D eigenvalue weighted by Crippen LogP contribution is -2.34. The van der Waals surface area contributed by atoms with E-state index in [1.165, 1.54) is 13.0 Å². The number of carbonyl (C=O) groups is 1. The molecule has 2 aromatic rings. The van der Waals surface area contributed by atoms with Crippen LogP contribution in [0.3, 0.4) is 0 Å². The zero-order chi connectivity index (χ0) is 13.6. The highest BCUT2D eigenvalue weighted by Gasteiger charge is 2.25. The molecule has 5 heteroatoms. The second-order valence-corrected chi connectivity index (χ2v) is 4.74. The van der Waals surface area contributed by atoms with Crippen LogP contribution in [0.15, 0.2) is 18.2 Å². The molecule has 0 spiro atoms. The molecule has 4 nitrogen and oxygen atoms in total. The van der Waals surface area contributed by atoms with Crippen LogP contribution < -0.4 is 10.6 Å². The van der Waals surface area contributed by atoms with Crippen molar-refractivity contribution in [2.45, 2.75) is 19.8 Å². The van der Waals surface area contributed by atoms with Crippen LogP contribution in [-0.4, -0.2) is 17.4 Å². The zero-order valence-electron chi connectivity index (χ0n) is 10.6. The molecule has 1 aliphatic rings. The molecule has 2 N–H and O–H groups in total. The number of hydrogen-bond donors (Lipinski definition) is 1. The largest absolute Gasteiger partial charge is 0.398 e. The predicted octanol–water partition coefficient (Wildman–Crippen LogP) is 2.26. The summed E-state index contributed by atoms with van der Waals surface area (Å²) in [6.45, 7) is 2.14. The van der Waals surface area contributed by atoms with E-state index in [4.69, 9.17) is 5.73 Å². The van der Waals surface area contributed by atoms with Crippen molar-refractivity contribution in [2.24, 2.45) is 0 Å². The Balaban J connectivity index is 2.34. The standard InChI is InChI=1S/C14H14FN3O/c1-8(19)18-7-3-4-9-13(16)12-10(15)5-2-6-11(12)17-14(9)18/h2,5-6H,3-4,7H2,1H3,(H2,16,17). The molecule has 1 aromatic carbocycles. The fourth-order valence-corrected chi connectivity index (χ4v) is 2.62. The van der Waals surface area contributed by atoms with E-state index in [9.17, 15) is 9.18 Å². The van der Waals surface area contributed by atoms with Gasteiger partial charge in [0.05, 0.1) is 16.6 Å². The van der Waals surface area contributed by atoms with E-state index in [0.29, 0.717) is 29.0 Å². The summed E-state index contributed by atoms with van der Waals surface area (Å²) in [5, 5.41) is 0.353. The van der Waals surface area contributed by atoms with Crippen molar-refractivity contribution in [3.8, 4) is 0 Å². The van der Waals surface area contributed by atoms with E-state index >= 15 is 0 Å². The molecule has 2 heterocycles. The number of hydrogen-bond acceptors (Lipinski definition) is 3. The molecule has 3 rings (SSSR count). The normalized spacial score (nSPS) is 14.5. The summed E-state index contributed by atoms with van der Waals surface area (Å²) in [5.74, 6) is 0.142. The first-order valence-corrected chi connectivity index (χ1v) is 6.24. The molecule has 0 unspecified atom stereocenters. The van der Waals surface area contributed by atoms with Crippen LogP contribution in [0, 0.1) is 5.82 Å². The fraction of sp³-hybridized carbons (Fsp3) is 0.286. The summed E-state index contributed by atoms with van der Waals surface area (Å²) < 4.78 is 13.9. The Labute approximate surface area is 110 Å². The number of amides is 1. The summed E-state index contributed by atoms with van der Waals surface area (Å²) in [5.41, 5.74) is 7.76. The first-order chi connectivity index (χ1) is 9.09. The van der Waals surface area contributed by atoms with Gasteiger partial charge in [0.2, 0.25) is 5.91 Å². The number of carbonyl (C=O) groups excluding carboxylic acids is 1. The molecule has 1 amide bonds. The number of nitrogen functional groups attached to an aromatic ring is 1. The van der Waals surface area contributed by atoms with Crippen LogP contribution in [-0.2, 0) is 11.2 Å². The molecule has 1 aromatic heterocycles. The van der Waals surface area contributed by atoms with Crippen LogP contribution in [0.5, 0.6) is 0 Å². The van der Waals surface area contributed by atoms with Gasteiger partial charge in [-0.25, -0.2) is 9.37 Å². The summed E-state index contributed by atoms with van der Waals surface area (Å²) in [4.78, 5) is 17.7. The fourth-order valence-electron chi connectivity index (χ4n) is 2.62. The second-order valence-electron chi connectivity index (χ2n) is 4.74. The van der Waals surface area contributed by atoms with Gasteiger partial charge in [-0.15, -0.1) is 0 Å². The minimum absolute atomic E-state index is 0.0661. The number of aromatic nitrogens is 1. The van der Waals surface area contributed by atoms with Gasteiger partial charge in [-0.05, 0) is 25.0 Å². The maximum atomic E-state index is 13.9. The summed E-state index contributed by atoms with van der Waals surface area (Å²) in [7, 11) is 0. The summed E-state index contributed by atoms with van der Waals surface area (Å²) in [6.07, 6.45) is 1.54. The third-order valence-corrected chi connectivity index (χ3v) is 3.53. The van der Waals surface area contributed by atoms with Crippen molar-refractivity contribution in [1.29, 1.82) is 0 Å². The smallest absolute Gasteiger partial charge is 0.225 e. The van der Waals surface area contributed by atoms with E-state index in [-0.39, 0.29) is 11.7 Å². The van der Waals surface area contributed by atoms with Gasteiger partial charge in [-0.2, -0.15) is 0 Å². The minimum Gasteiger partial charge on any atom is -0.398 e. The molecule has 0 saturated heterocycles. The number of halogens is 1. The lowest BCUT2D eigenvalue weighted by atomic mass is 10.00. The van der Waals surface area contributed by atoms with Crippen molar-refractivity contribution < 1.29 is 9.18 Å². The molecule has 1 aliphatic heterocycles. The monoisotopic (exact) mass is 259 g/mol. The van der Waals surface area contributed by atoms with E-state index in [0.717, 1.165) is 18.4 Å². The van der Waals surface area contributed by atoms with Gasteiger partial charge in [0.1, 0.15) is 11.6 Å². The van der Waals surface area contributed by atoms with Gasteiger partial charge in [0, 0.05) is 19.0 Å². The van der Waals surface area contributed by atoms with E-state index in [1.807, 2.05) is 0 Å². The quantitative estimate of drug-likeness (QED) is 0.789. The molecular formula is C14H14FN3O. The van der Waals surface area contributed by atoms with Crippen molar-refractivity contribution in [3.05, 3.63) is 29.6 Å². The predicted molar refractivity (Wildman–Crippen MR) is 72.5 cm³/mol. The molecule has 98 valence electrons. The number of pyridine rings is 1. The Kier molecular flexibility index (Phi) is 2.62. The molecular weight excluding hydrogens is 245 g/mol. The Morgan fingerprint density at radius 3 is 3.00 bits per heavy atom. The molecule has 0 aliphatic carbocycles. The Morgan fingerprint density at radius 1 is 1.47 bits per heavy atom. The van der Waals surface area contributed by atoms with Gasteiger partial charge in [-0.3, -0.25) is 9.69 Å². The van der Waals surface area contributed by atoms with Crippen molar-refractivity contribution in [1.82, 2.24) is 4.98 Å². The molecule has 0 fully saturated rings. The maximum absolute atomic E-state index is 13.9. The number of nitrogens with zero attached hydrogens (tertiary/aromatic N) is 2. The number of anilines is 2. The average Bonchev–Trinajstić information content (AvgIpc) is 2.38. The third kappa shape index (κ3) is 1.73. The Morgan fingerprint density at radius 2 is 2.26 bits per heavy atom. The summed E-state index contributed by atoms with van der Waals surface area (Å²) in [6, 6.07) is 4.68. The minimum atomic E-state index is -0.370. The lowest BCUT2D eigenvalue weighted by Gasteiger charge is -2.28. The first-order valence-electron chi connectivity index (χ1n) is 6.24. The van der Waals surface area contributed by atoms with Crippen LogP contribution >= 0.6 is 0 Å². The second kappa shape index (κ2) is 4.19. The molecule has 0 saturated carbocycles. The average molecular weight is 259 g/mol. The highest BCUT2D eigenvalue weighted by molar-refractivity contribution is 5.99. The van der Waals surface area contributed by atoms with Gasteiger partial charge < -0.3 is 5.73 Å². The SMILES string of the molecule is CC(=O)N1CCCc2c1nc1cccc(F)c1c2N. The number of fused-ring (bicyclic) bond motifs is 2. The van der Waals surface area contributed by atoms with E-state index < -0.39 is 0 Å². The van der Waals surface area contributed by atoms with E-state index in [1.54, 1.807) is 17.0 Å². The van der Waals surface area contributed by atoms with Crippen molar-refractivity contribution >= 4 is 28.3 Å². The molecule has 0 bridgehead atoms. The third-order valence-electron chi connectivity index (χ3n) is 3.53. The van der Waals surface area contributed by atoms with Crippen LogP contribution in [0.4, 0.5) is 15.9 Å². The molecule has 19 heavy (non-hydrogen) atoms. The van der Waals surface area contributed by atoms with Crippen LogP contribution in [0.25, 0.3) is 10.9 Å². The van der Waals surface area contributed by atoms with Crippen LogP contribution in [0.2, 0.25) is 0 Å². The van der Waals surface area contributed by atoms with Gasteiger partial charge in [0.15, 0.2) is 0 Å². The molecule has 0 radical (unpaired) electrons. The highest BCUT2D eigenvalue weighted by Crippen LogP contribution is 2.35. The topological polar surface area (TPSA) is 59.2 Å². The Bertz CT molecular complexity index is 684. The van der Waals surface area contributed by atoms with Crippen molar-refractivity contribution in [2.75, 3.05) is 17.2 Å². The van der Waals surface area contributed by atoms with Crippen molar-refractivity contribution in [3.63, 3.8) is 0 Å². The maximum Gasteiger partial charge on any atom is 0.225 e. The number of nitrogens with two attached hydrogens (primary N) is 1. The molecule has 0 atom stereocenters. The van der Waals surface area contributed by atoms with Gasteiger partial charge >= 0.3 is 0 Å². The highest BCUT2D eigenvalue weighted by atomic mass is 19.1. The number of benzene rings is 1. The van der Waals surface area contributed by atoms with Gasteiger partial charge in [-0.1, -0.05) is 6.07 Å². The summed E-state index contributed by atoms with van der Waals surface area (Å²) >= 11 is 0. The van der Waals surface area contributed by atoms with Crippen LogP contribution in [0.1, 0.15) is 18.9 Å². The van der Waals surface area contributed by atoms with Gasteiger partial charge in [0.25, 0.3) is 0 Å². The first kappa shape index (κ1) is 11.9. The lowest BCUT2D eigenvalue weighted by molar-refractivity contribution is -0.116. The zero-order valence-corrected chi connectivity index (χ0v) is 10.6. The number of rotatable bonds is 0. The Hall–Kier alpha value is -2.17. The van der Waals surface area contributed by atoms with E-state index in [2.05, 4.69) is 4.98 Å².